The van der Waals surface area contributed by atoms with Crippen molar-refractivity contribution in [1.29, 1.82) is 0 Å². The molecule has 0 bridgehead atoms. The number of anilines is 1. The molecular weight excluding hydrogens is 399 g/mol. The Balaban J connectivity index is 1.55. The molecule has 3 nitrogen and oxygen atoms in total. The predicted molar refractivity (Wildman–Crippen MR) is 118 cm³/mol. The molecule has 0 spiro atoms. The van der Waals surface area contributed by atoms with Gasteiger partial charge >= 0.3 is 6.18 Å². The third kappa shape index (κ3) is 5.45. The van der Waals surface area contributed by atoms with Crippen molar-refractivity contribution < 1.29 is 13.2 Å². The van der Waals surface area contributed by atoms with Gasteiger partial charge in [0.2, 0.25) is 0 Å². The molecule has 6 heteroatoms. The molecule has 1 heterocycles. The summed E-state index contributed by atoms with van der Waals surface area (Å²) >= 11 is 0. The fraction of sp³-hybridized carbons (Fsp3) is 0.240. The van der Waals surface area contributed by atoms with E-state index in [1.54, 1.807) is 12.1 Å². The van der Waals surface area contributed by atoms with Crippen LogP contribution in [0.15, 0.2) is 89.9 Å². The van der Waals surface area contributed by atoms with Crippen LogP contribution >= 0.6 is 0 Å². The minimum absolute atomic E-state index is 0.535. The minimum atomic E-state index is -4.34. The summed E-state index contributed by atoms with van der Waals surface area (Å²) in [5.41, 5.74) is 2.41. The molecule has 3 aromatic rings. The molecule has 4 rings (SSSR count). The van der Waals surface area contributed by atoms with Crippen LogP contribution in [0.1, 0.15) is 16.7 Å². The second-order valence-electron chi connectivity index (χ2n) is 7.59. The standard InChI is InChI=1S/C25H24F3N3/c26-25(27,28)22-11-13-23(14-12-22)31(18-21-9-5-2-6-10-21)19-24-29-15-16-30(24)17-20-7-3-1-4-8-20/h1-14H,15-19H2. The van der Waals surface area contributed by atoms with Gasteiger partial charge in [0.05, 0.1) is 18.7 Å². The molecule has 0 aromatic heterocycles. The van der Waals surface area contributed by atoms with Gasteiger partial charge in [-0.1, -0.05) is 60.7 Å². The van der Waals surface area contributed by atoms with E-state index in [0.717, 1.165) is 48.9 Å². The fourth-order valence-corrected chi connectivity index (χ4v) is 3.73. The van der Waals surface area contributed by atoms with Crippen LogP contribution in [-0.4, -0.2) is 30.4 Å². The fourth-order valence-electron chi connectivity index (χ4n) is 3.73. The first-order valence-corrected chi connectivity index (χ1v) is 10.3. The van der Waals surface area contributed by atoms with E-state index in [1.807, 2.05) is 48.5 Å². The number of aliphatic imine (C=N–C) groups is 1. The van der Waals surface area contributed by atoms with Gasteiger partial charge in [-0.25, -0.2) is 0 Å². The zero-order valence-corrected chi connectivity index (χ0v) is 17.1. The molecule has 160 valence electrons. The normalized spacial score (nSPS) is 13.9. The highest BCUT2D eigenvalue weighted by molar-refractivity contribution is 5.88. The van der Waals surface area contributed by atoms with E-state index in [-0.39, 0.29) is 0 Å². The second-order valence-corrected chi connectivity index (χ2v) is 7.59. The Morgan fingerprint density at radius 2 is 1.39 bits per heavy atom. The van der Waals surface area contributed by atoms with Crippen LogP contribution in [-0.2, 0) is 19.3 Å². The van der Waals surface area contributed by atoms with Crippen molar-refractivity contribution in [3.8, 4) is 0 Å². The molecule has 0 amide bonds. The van der Waals surface area contributed by atoms with Gasteiger partial charge in [-0.05, 0) is 35.4 Å². The van der Waals surface area contributed by atoms with Crippen molar-refractivity contribution in [2.24, 2.45) is 4.99 Å². The topological polar surface area (TPSA) is 18.8 Å². The molecule has 0 saturated carbocycles. The molecule has 31 heavy (non-hydrogen) atoms. The summed E-state index contributed by atoms with van der Waals surface area (Å²) in [7, 11) is 0. The van der Waals surface area contributed by atoms with Crippen LogP contribution in [0.5, 0.6) is 0 Å². The Labute approximate surface area is 180 Å². The van der Waals surface area contributed by atoms with E-state index in [2.05, 4.69) is 21.9 Å². The number of halogens is 3. The molecule has 0 N–H and O–H groups in total. The lowest BCUT2D eigenvalue weighted by atomic mass is 10.1. The molecule has 0 unspecified atom stereocenters. The quantitative estimate of drug-likeness (QED) is 0.491. The zero-order valence-electron chi connectivity index (χ0n) is 17.1. The lowest BCUT2D eigenvalue weighted by Crippen LogP contribution is -2.37. The van der Waals surface area contributed by atoms with E-state index < -0.39 is 11.7 Å². The van der Waals surface area contributed by atoms with Crippen molar-refractivity contribution >= 4 is 11.5 Å². The van der Waals surface area contributed by atoms with Crippen LogP contribution in [0.2, 0.25) is 0 Å². The van der Waals surface area contributed by atoms with E-state index in [1.165, 1.54) is 5.56 Å². The van der Waals surface area contributed by atoms with Gasteiger partial charge in [-0.2, -0.15) is 13.2 Å². The molecular formula is C25H24F3N3. The highest BCUT2D eigenvalue weighted by Gasteiger charge is 2.30. The Morgan fingerprint density at radius 3 is 2.00 bits per heavy atom. The monoisotopic (exact) mass is 423 g/mol. The van der Waals surface area contributed by atoms with Crippen molar-refractivity contribution in [3.63, 3.8) is 0 Å². The molecule has 0 radical (unpaired) electrons. The van der Waals surface area contributed by atoms with Crippen LogP contribution in [0.25, 0.3) is 0 Å². The maximum Gasteiger partial charge on any atom is 0.416 e. The summed E-state index contributed by atoms with van der Waals surface area (Å²) in [5, 5.41) is 0. The number of hydrogen-bond acceptors (Lipinski definition) is 3. The number of alkyl halides is 3. The molecule has 0 fully saturated rings. The van der Waals surface area contributed by atoms with Gasteiger partial charge in [0.1, 0.15) is 5.84 Å². The smallest absolute Gasteiger partial charge is 0.360 e. The Kier molecular flexibility index (Phi) is 6.26. The average Bonchev–Trinajstić information content (AvgIpc) is 3.21. The lowest BCUT2D eigenvalue weighted by molar-refractivity contribution is -0.137. The van der Waals surface area contributed by atoms with Gasteiger partial charge < -0.3 is 9.80 Å². The van der Waals surface area contributed by atoms with Gasteiger partial charge in [0.15, 0.2) is 0 Å². The molecule has 0 aliphatic carbocycles. The molecule has 3 aromatic carbocycles. The summed E-state index contributed by atoms with van der Waals surface area (Å²) in [6, 6.07) is 25.5. The number of rotatable bonds is 7. The zero-order chi connectivity index (χ0) is 21.7. The number of benzene rings is 3. The van der Waals surface area contributed by atoms with Crippen LogP contribution in [0.3, 0.4) is 0 Å². The first-order chi connectivity index (χ1) is 15.0. The molecule has 1 aliphatic rings. The number of nitrogens with zero attached hydrogens (tertiary/aromatic N) is 3. The van der Waals surface area contributed by atoms with Crippen LogP contribution < -0.4 is 4.90 Å². The summed E-state index contributed by atoms with van der Waals surface area (Å²) in [5.74, 6) is 0.958. The minimum Gasteiger partial charge on any atom is -0.360 e. The number of hydrogen-bond donors (Lipinski definition) is 0. The van der Waals surface area contributed by atoms with Gasteiger partial charge in [0, 0.05) is 25.3 Å². The van der Waals surface area contributed by atoms with Gasteiger partial charge in [0.25, 0.3) is 0 Å². The summed E-state index contributed by atoms with van der Waals surface area (Å²) in [4.78, 5) is 9.03. The Morgan fingerprint density at radius 1 is 0.774 bits per heavy atom. The van der Waals surface area contributed by atoms with Crippen molar-refractivity contribution in [2.45, 2.75) is 19.3 Å². The Hall–Kier alpha value is -3.28. The first kappa shape index (κ1) is 21.0. The van der Waals surface area contributed by atoms with E-state index >= 15 is 0 Å². The average molecular weight is 423 g/mol. The maximum atomic E-state index is 13.0. The molecule has 0 saturated heterocycles. The van der Waals surface area contributed by atoms with Gasteiger partial charge in [-0.3, -0.25) is 4.99 Å². The Bertz CT molecular complexity index is 1000. The lowest BCUT2D eigenvalue weighted by Gasteiger charge is -2.29. The molecule has 1 aliphatic heterocycles. The van der Waals surface area contributed by atoms with E-state index in [0.29, 0.717) is 13.1 Å². The maximum absolute atomic E-state index is 13.0. The first-order valence-electron chi connectivity index (χ1n) is 10.3. The van der Waals surface area contributed by atoms with E-state index in [4.69, 9.17) is 4.99 Å². The van der Waals surface area contributed by atoms with Crippen molar-refractivity contribution in [3.05, 3.63) is 102 Å². The van der Waals surface area contributed by atoms with Crippen LogP contribution in [0, 0.1) is 0 Å². The van der Waals surface area contributed by atoms with Gasteiger partial charge in [-0.15, -0.1) is 0 Å². The van der Waals surface area contributed by atoms with Crippen molar-refractivity contribution in [1.82, 2.24) is 4.90 Å². The number of amidine groups is 1. The highest BCUT2D eigenvalue weighted by Crippen LogP contribution is 2.31. The molecule has 0 atom stereocenters. The summed E-state index contributed by atoms with van der Waals surface area (Å²) in [6.07, 6.45) is -4.34. The summed E-state index contributed by atoms with van der Waals surface area (Å²) < 4.78 is 39.0. The third-order valence-electron chi connectivity index (χ3n) is 5.35. The van der Waals surface area contributed by atoms with Crippen molar-refractivity contribution in [2.75, 3.05) is 24.5 Å². The highest BCUT2D eigenvalue weighted by atomic mass is 19.4. The van der Waals surface area contributed by atoms with Crippen LogP contribution in [0.4, 0.5) is 18.9 Å². The van der Waals surface area contributed by atoms with E-state index in [9.17, 15) is 13.2 Å². The second kappa shape index (κ2) is 9.25. The summed E-state index contributed by atoms with van der Waals surface area (Å²) in [6.45, 7) is 3.47. The third-order valence-corrected chi connectivity index (χ3v) is 5.35. The SMILES string of the molecule is FC(F)(F)c1ccc(N(CC2=NCCN2Cc2ccccc2)Cc2ccccc2)cc1. The predicted octanol–water partition coefficient (Wildman–Crippen LogP) is 5.63. The largest absolute Gasteiger partial charge is 0.416 e.